The zero-order valence-corrected chi connectivity index (χ0v) is 12.8. The van der Waals surface area contributed by atoms with Gasteiger partial charge in [0.1, 0.15) is 0 Å². The van der Waals surface area contributed by atoms with E-state index in [2.05, 4.69) is 32.9 Å². The molecule has 0 aromatic carbocycles. The summed E-state index contributed by atoms with van der Waals surface area (Å²) in [6.45, 7) is 3.94. The van der Waals surface area contributed by atoms with Crippen molar-refractivity contribution in [1.82, 2.24) is 15.1 Å². The van der Waals surface area contributed by atoms with Crippen LogP contribution < -0.4 is 5.32 Å². The van der Waals surface area contributed by atoms with Crippen molar-refractivity contribution in [2.75, 3.05) is 6.54 Å². The first kappa shape index (κ1) is 16.1. The summed E-state index contributed by atoms with van der Waals surface area (Å²) in [5.41, 5.74) is -0.380. The number of alkyl halides is 3. The van der Waals surface area contributed by atoms with Gasteiger partial charge in [0.2, 0.25) is 5.91 Å². The Morgan fingerprint density at radius 2 is 2.19 bits per heavy atom. The Morgan fingerprint density at radius 3 is 2.71 bits per heavy atom. The summed E-state index contributed by atoms with van der Waals surface area (Å²) in [4.78, 5) is 11.5. The molecule has 0 radical (unpaired) electrons. The molecule has 1 heterocycles. The van der Waals surface area contributed by atoms with Gasteiger partial charge >= 0.3 is 6.18 Å². The van der Waals surface area contributed by atoms with Crippen LogP contribution in [-0.4, -0.2) is 22.2 Å². The van der Waals surface area contributed by atoms with Crippen LogP contribution >= 0.6 is 15.9 Å². The van der Waals surface area contributed by atoms with Crippen LogP contribution in [0.1, 0.15) is 36.6 Å². The van der Waals surface area contributed by atoms with Gasteiger partial charge in [-0.05, 0) is 28.8 Å². The summed E-state index contributed by atoms with van der Waals surface area (Å²) in [6.07, 6.45) is -1.17. The van der Waals surface area contributed by atoms with Crippen LogP contribution in [0.5, 0.6) is 0 Å². The van der Waals surface area contributed by atoms with E-state index in [9.17, 15) is 18.0 Å². The van der Waals surface area contributed by atoms with Crippen molar-refractivity contribution in [2.24, 2.45) is 0 Å². The number of rotatable bonds is 6. The molecule has 8 heteroatoms. The maximum atomic E-state index is 12.9. The highest BCUT2D eigenvalue weighted by atomic mass is 79.9. The maximum Gasteiger partial charge on any atom is 0.436 e. The minimum absolute atomic E-state index is 0.00370. The lowest BCUT2D eigenvalue weighted by Gasteiger charge is -2.07. The fourth-order valence-corrected chi connectivity index (χ4v) is 2.87. The first-order valence-corrected chi connectivity index (χ1v) is 7.35. The third kappa shape index (κ3) is 3.87. The third-order valence-electron chi connectivity index (χ3n) is 3.16. The van der Waals surface area contributed by atoms with Gasteiger partial charge in [-0.2, -0.15) is 18.3 Å². The van der Waals surface area contributed by atoms with Gasteiger partial charge in [0, 0.05) is 18.9 Å². The van der Waals surface area contributed by atoms with Crippen LogP contribution in [0, 0.1) is 0 Å². The lowest BCUT2D eigenvalue weighted by Crippen LogP contribution is -2.24. The zero-order chi connectivity index (χ0) is 15.6. The molecule has 0 saturated heterocycles. The molecule has 1 fully saturated rings. The number of nitrogens with zero attached hydrogens (tertiary/aromatic N) is 2. The summed E-state index contributed by atoms with van der Waals surface area (Å²) in [5.74, 6) is -0.143. The summed E-state index contributed by atoms with van der Waals surface area (Å²) in [6, 6.07) is 0. The molecule has 21 heavy (non-hydrogen) atoms. The largest absolute Gasteiger partial charge is 0.436 e. The third-order valence-corrected chi connectivity index (χ3v) is 3.94. The van der Waals surface area contributed by atoms with Gasteiger partial charge in [0.05, 0.1) is 16.7 Å². The fraction of sp³-hybridized carbons (Fsp3) is 0.538. The molecule has 1 N–H and O–H groups in total. The molecule has 4 nitrogen and oxygen atoms in total. The lowest BCUT2D eigenvalue weighted by molar-refractivity contribution is -0.142. The predicted octanol–water partition coefficient (Wildman–Crippen LogP) is 3.23. The van der Waals surface area contributed by atoms with Gasteiger partial charge in [0.25, 0.3) is 0 Å². The molecule has 1 saturated carbocycles. The minimum atomic E-state index is -4.50. The second kappa shape index (κ2) is 6.21. The number of carbonyl (C=O) groups excluding carboxylic acids is 1. The number of hydrogen-bond donors (Lipinski definition) is 1. The smallest absolute Gasteiger partial charge is 0.353 e. The second-order valence-corrected chi connectivity index (χ2v) is 5.68. The topological polar surface area (TPSA) is 46.9 Å². The van der Waals surface area contributed by atoms with Crippen molar-refractivity contribution in [3.8, 4) is 0 Å². The molecule has 116 valence electrons. The van der Waals surface area contributed by atoms with Crippen molar-refractivity contribution in [3.05, 3.63) is 28.5 Å². The van der Waals surface area contributed by atoms with E-state index in [1.54, 1.807) is 6.08 Å². The molecular weight excluding hydrogens is 351 g/mol. The highest BCUT2D eigenvalue weighted by Gasteiger charge is 2.41. The minimum Gasteiger partial charge on any atom is -0.353 e. The quantitative estimate of drug-likeness (QED) is 0.786. The van der Waals surface area contributed by atoms with Crippen molar-refractivity contribution < 1.29 is 18.0 Å². The van der Waals surface area contributed by atoms with Crippen LogP contribution in [0.25, 0.3) is 0 Å². The Labute approximate surface area is 128 Å². The van der Waals surface area contributed by atoms with Crippen LogP contribution in [0.15, 0.2) is 17.1 Å². The summed E-state index contributed by atoms with van der Waals surface area (Å²) in [7, 11) is 0. The molecular formula is C13H15BrF3N3O. The Bertz CT molecular complexity index is 550. The number of aryl methyl sites for hydroxylation is 1. The van der Waals surface area contributed by atoms with E-state index in [1.165, 1.54) is 4.68 Å². The van der Waals surface area contributed by atoms with Crippen LogP contribution in [0.4, 0.5) is 13.2 Å². The first-order chi connectivity index (χ1) is 9.84. The van der Waals surface area contributed by atoms with Crippen molar-refractivity contribution >= 4 is 21.8 Å². The van der Waals surface area contributed by atoms with Gasteiger partial charge < -0.3 is 5.32 Å². The average molecular weight is 366 g/mol. The van der Waals surface area contributed by atoms with Crippen molar-refractivity contribution in [2.45, 2.75) is 37.9 Å². The second-order valence-electron chi connectivity index (χ2n) is 4.89. The molecule has 0 spiro atoms. The Hall–Kier alpha value is -1.31. The molecule has 1 aliphatic rings. The number of aromatic nitrogens is 2. The normalized spacial score (nSPS) is 15.0. The molecule has 1 aromatic rings. The summed E-state index contributed by atoms with van der Waals surface area (Å²) in [5, 5.41) is 6.23. The monoisotopic (exact) mass is 365 g/mol. The van der Waals surface area contributed by atoms with Crippen LogP contribution in [0.3, 0.4) is 0 Å². The van der Waals surface area contributed by atoms with Crippen LogP contribution in [0.2, 0.25) is 0 Å². The zero-order valence-electron chi connectivity index (χ0n) is 11.2. The predicted molar refractivity (Wildman–Crippen MR) is 74.7 cm³/mol. The molecule has 1 aliphatic carbocycles. The Balaban J connectivity index is 2.15. The highest BCUT2D eigenvalue weighted by molar-refractivity contribution is 9.10. The number of carbonyl (C=O) groups is 1. The molecule has 1 aromatic heterocycles. The van der Waals surface area contributed by atoms with E-state index in [-0.39, 0.29) is 29.3 Å². The van der Waals surface area contributed by atoms with Gasteiger partial charge in [-0.1, -0.05) is 6.08 Å². The molecule has 0 unspecified atom stereocenters. The highest BCUT2D eigenvalue weighted by Crippen LogP contribution is 2.46. The first-order valence-electron chi connectivity index (χ1n) is 6.55. The molecule has 1 amide bonds. The van der Waals surface area contributed by atoms with E-state index in [0.717, 1.165) is 12.8 Å². The average Bonchev–Trinajstić information content (AvgIpc) is 3.17. The number of hydrogen-bond acceptors (Lipinski definition) is 2. The van der Waals surface area contributed by atoms with Gasteiger partial charge in [-0.3, -0.25) is 9.48 Å². The van der Waals surface area contributed by atoms with Crippen molar-refractivity contribution in [1.29, 1.82) is 0 Å². The standard InChI is InChI=1S/C13H15BrF3N3O/c1-2-6-18-9(21)5-7-20-11(8-3-4-8)10(14)12(19-20)13(15,16)17/h2,8H,1,3-7H2,(H,18,21). The molecule has 0 aliphatic heterocycles. The van der Waals surface area contributed by atoms with E-state index in [4.69, 9.17) is 0 Å². The Kier molecular flexibility index (Phi) is 4.75. The van der Waals surface area contributed by atoms with Crippen LogP contribution in [-0.2, 0) is 17.5 Å². The van der Waals surface area contributed by atoms with E-state index >= 15 is 0 Å². The maximum absolute atomic E-state index is 12.9. The molecule has 0 bridgehead atoms. The number of halogens is 4. The number of nitrogens with one attached hydrogen (secondary N) is 1. The SMILES string of the molecule is C=CCNC(=O)CCn1nc(C(F)(F)F)c(Br)c1C1CC1. The van der Waals surface area contributed by atoms with Gasteiger partial charge in [-0.15, -0.1) is 6.58 Å². The Morgan fingerprint density at radius 1 is 1.52 bits per heavy atom. The fourth-order valence-electron chi connectivity index (χ4n) is 2.03. The summed E-state index contributed by atoms with van der Waals surface area (Å²) < 4.78 is 40.0. The van der Waals surface area contributed by atoms with Gasteiger partial charge in [-0.25, -0.2) is 0 Å². The summed E-state index contributed by atoms with van der Waals surface area (Å²) >= 11 is 3.01. The lowest BCUT2D eigenvalue weighted by atomic mass is 10.2. The van der Waals surface area contributed by atoms with E-state index in [0.29, 0.717) is 12.2 Å². The van der Waals surface area contributed by atoms with E-state index in [1.807, 2.05) is 0 Å². The van der Waals surface area contributed by atoms with E-state index < -0.39 is 11.9 Å². The molecule has 2 rings (SSSR count). The van der Waals surface area contributed by atoms with Gasteiger partial charge in [0.15, 0.2) is 5.69 Å². The molecule has 0 atom stereocenters. The number of amides is 1. The van der Waals surface area contributed by atoms with Crippen molar-refractivity contribution in [3.63, 3.8) is 0 Å².